The predicted octanol–water partition coefficient (Wildman–Crippen LogP) is 0.946. The van der Waals surface area contributed by atoms with Crippen LogP contribution in [0.5, 0.6) is 0 Å². The van der Waals surface area contributed by atoms with Gasteiger partial charge in [0, 0.05) is 31.6 Å². The van der Waals surface area contributed by atoms with Crippen LogP contribution in [-0.2, 0) is 0 Å². The molecule has 0 aliphatic heterocycles. The minimum absolute atomic E-state index is 0.522. The molecule has 0 radical (unpaired) electrons. The van der Waals surface area contributed by atoms with Gasteiger partial charge in [0.25, 0.3) is 0 Å². The molecule has 0 bridgehead atoms. The van der Waals surface area contributed by atoms with Crippen molar-refractivity contribution in [3.05, 3.63) is 11.4 Å². The second-order valence-corrected chi connectivity index (χ2v) is 5.52. The van der Waals surface area contributed by atoms with Crippen molar-refractivity contribution in [3.63, 3.8) is 0 Å². The highest BCUT2D eigenvalue weighted by Gasteiger charge is 2.28. The van der Waals surface area contributed by atoms with E-state index < -0.39 is 0 Å². The molecule has 6 heteroatoms. The number of aromatic nitrogens is 2. The number of hydrogen-bond donors (Lipinski definition) is 2. The maximum atomic E-state index is 5.56. The fraction of sp³-hybridized carbons (Fsp3) is 0.692. The van der Waals surface area contributed by atoms with E-state index in [0.29, 0.717) is 5.92 Å². The summed E-state index contributed by atoms with van der Waals surface area (Å²) in [5, 5.41) is 0. The van der Waals surface area contributed by atoms with E-state index in [4.69, 9.17) is 10.8 Å². The molecule has 1 aliphatic rings. The number of likely N-dealkylation sites (N-methyl/N-ethyl adjacent to an activating group) is 2. The monoisotopic (exact) mass is 264 g/mol. The third-order valence-electron chi connectivity index (χ3n) is 3.46. The van der Waals surface area contributed by atoms with E-state index in [1.165, 1.54) is 12.8 Å². The molecule has 6 nitrogen and oxygen atoms in total. The first kappa shape index (κ1) is 14.0. The van der Waals surface area contributed by atoms with Gasteiger partial charge in [0.15, 0.2) is 0 Å². The van der Waals surface area contributed by atoms with Crippen molar-refractivity contribution in [2.45, 2.75) is 25.7 Å². The summed E-state index contributed by atoms with van der Waals surface area (Å²) in [6.45, 7) is 3.93. The van der Waals surface area contributed by atoms with E-state index >= 15 is 0 Å². The molecule has 19 heavy (non-hydrogen) atoms. The lowest BCUT2D eigenvalue weighted by atomic mass is 10.2. The fourth-order valence-corrected chi connectivity index (χ4v) is 2.01. The maximum Gasteiger partial charge on any atom is 0.148 e. The molecule has 0 saturated heterocycles. The molecule has 1 aliphatic carbocycles. The molecular weight excluding hydrogens is 240 g/mol. The van der Waals surface area contributed by atoms with Crippen LogP contribution in [0.2, 0.25) is 0 Å². The average Bonchev–Trinajstić information content (AvgIpc) is 3.20. The van der Waals surface area contributed by atoms with Gasteiger partial charge in [-0.25, -0.2) is 15.8 Å². The summed E-state index contributed by atoms with van der Waals surface area (Å²) >= 11 is 0. The number of anilines is 2. The summed E-state index contributed by atoms with van der Waals surface area (Å²) in [6, 6.07) is 0. The summed E-state index contributed by atoms with van der Waals surface area (Å²) in [5.74, 6) is 8.73. The van der Waals surface area contributed by atoms with Gasteiger partial charge in [-0.1, -0.05) is 0 Å². The van der Waals surface area contributed by atoms with E-state index in [2.05, 4.69) is 41.4 Å². The molecule has 0 unspecified atom stereocenters. The first-order valence-corrected chi connectivity index (χ1v) is 6.74. The number of nitrogens with one attached hydrogen (secondary N) is 1. The van der Waals surface area contributed by atoms with Gasteiger partial charge in [-0.3, -0.25) is 0 Å². The SMILES string of the molecule is Cc1c(NN)nc(C2CC2)nc1N(C)CCN(C)C. The average molecular weight is 264 g/mol. The molecule has 0 atom stereocenters. The van der Waals surface area contributed by atoms with E-state index in [0.717, 1.165) is 36.1 Å². The van der Waals surface area contributed by atoms with Crippen molar-refractivity contribution < 1.29 is 0 Å². The lowest BCUT2D eigenvalue weighted by molar-refractivity contribution is 0.416. The number of nitrogens with two attached hydrogens (primary N) is 1. The van der Waals surface area contributed by atoms with Crippen LogP contribution < -0.4 is 16.2 Å². The smallest absolute Gasteiger partial charge is 0.148 e. The molecule has 1 fully saturated rings. The number of rotatable bonds is 6. The van der Waals surface area contributed by atoms with E-state index in [-0.39, 0.29) is 0 Å². The van der Waals surface area contributed by atoms with Crippen LogP contribution in [0.1, 0.15) is 30.1 Å². The Morgan fingerprint density at radius 2 is 1.89 bits per heavy atom. The molecule has 3 N–H and O–H groups in total. The summed E-state index contributed by atoms with van der Waals surface area (Å²) in [7, 11) is 6.21. The lowest BCUT2D eigenvalue weighted by Gasteiger charge is -2.23. The number of hydrogen-bond acceptors (Lipinski definition) is 6. The van der Waals surface area contributed by atoms with Gasteiger partial charge in [-0.15, -0.1) is 0 Å². The maximum absolute atomic E-state index is 5.56. The minimum atomic E-state index is 0.522. The van der Waals surface area contributed by atoms with Crippen LogP contribution in [0.3, 0.4) is 0 Å². The molecule has 0 spiro atoms. The van der Waals surface area contributed by atoms with Crippen LogP contribution in [0.25, 0.3) is 0 Å². The Morgan fingerprint density at radius 3 is 2.42 bits per heavy atom. The van der Waals surface area contributed by atoms with Crippen molar-refractivity contribution in [2.24, 2.45) is 5.84 Å². The number of nitrogen functional groups attached to an aromatic ring is 1. The van der Waals surface area contributed by atoms with Crippen LogP contribution in [-0.4, -0.2) is 49.1 Å². The Bertz CT molecular complexity index is 441. The fourth-order valence-electron chi connectivity index (χ4n) is 2.01. The Labute approximate surface area is 115 Å². The largest absolute Gasteiger partial charge is 0.358 e. The second kappa shape index (κ2) is 5.71. The third-order valence-corrected chi connectivity index (χ3v) is 3.46. The van der Waals surface area contributed by atoms with Gasteiger partial charge in [0.2, 0.25) is 0 Å². The molecule has 0 amide bonds. The van der Waals surface area contributed by atoms with Crippen LogP contribution in [0, 0.1) is 6.92 Å². The zero-order valence-corrected chi connectivity index (χ0v) is 12.3. The molecule has 1 saturated carbocycles. The van der Waals surface area contributed by atoms with Crippen LogP contribution in [0.15, 0.2) is 0 Å². The Hall–Kier alpha value is -1.40. The molecule has 0 aromatic carbocycles. The molecule has 1 aromatic heterocycles. The van der Waals surface area contributed by atoms with Crippen LogP contribution >= 0.6 is 0 Å². The summed E-state index contributed by atoms with van der Waals surface area (Å²) in [6.07, 6.45) is 2.38. The van der Waals surface area contributed by atoms with Gasteiger partial charge >= 0.3 is 0 Å². The molecule has 1 aromatic rings. The quantitative estimate of drug-likeness (QED) is 0.589. The van der Waals surface area contributed by atoms with E-state index in [1.54, 1.807) is 0 Å². The van der Waals surface area contributed by atoms with Gasteiger partial charge in [-0.05, 0) is 33.9 Å². The summed E-state index contributed by atoms with van der Waals surface area (Å²) in [4.78, 5) is 13.6. The first-order chi connectivity index (χ1) is 9.02. The number of hydrazine groups is 1. The van der Waals surface area contributed by atoms with E-state index in [1.807, 2.05) is 6.92 Å². The summed E-state index contributed by atoms with van der Waals surface area (Å²) < 4.78 is 0. The molecular formula is C13H24N6. The third kappa shape index (κ3) is 3.33. The van der Waals surface area contributed by atoms with Crippen LogP contribution in [0.4, 0.5) is 11.6 Å². The van der Waals surface area contributed by atoms with Gasteiger partial charge in [-0.2, -0.15) is 0 Å². The zero-order valence-electron chi connectivity index (χ0n) is 12.3. The topological polar surface area (TPSA) is 70.3 Å². The molecule has 106 valence electrons. The minimum Gasteiger partial charge on any atom is -0.358 e. The van der Waals surface area contributed by atoms with Gasteiger partial charge < -0.3 is 15.2 Å². The van der Waals surface area contributed by atoms with Crippen molar-refractivity contribution >= 4 is 11.6 Å². The normalized spacial score (nSPS) is 14.8. The predicted molar refractivity (Wildman–Crippen MR) is 78.4 cm³/mol. The highest BCUT2D eigenvalue weighted by atomic mass is 15.3. The lowest BCUT2D eigenvalue weighted by Crippen LogP contribution is -2.30. The van der Waals surface area contributed by atoms with Gasteiger partial charge in [0.05, 0.1) is 0 Å². The van der Waals surface area contributed by atoms with Crippen molar-refractivity contribution in [1.82, 2.24) is 14.9 Å². The summed E-state index contributed by atoms with van der Waals surface area (Å²) in [5.41, 5.74) is 3.70. The first-order valence-electron chi connectivity index (χ1n) is 6.74. The standard InChI is InChI=1S/C13H24N6/c1-9-11(17-14)15-12(10-5-6-10)16-13(9)19(4)8-7-18(2)3/h10H,5-8,14H2,1-4H3,(H,15,16,17). The molecule has 1 heterocycles. The van der Waals surface area contributed by atoms with Crippen molar-refractivity contribution in [2.75, 3.05) is 44.6 Å². The Kier molecular flexibility index (Phi) is 4.21. The Morgan fingerprint density at radius 1 is 1.21 bits per heavy atom. The Balaban J connectivity index is 2.24. The zero-order chi connectivity index (χ0) is 14.0. The van der Waals surface area contributed by atoms with Crippen molar-refractivity contribution in [1.29, 1.82) is 0 Å². The van der Waals surface area contributed by atoms with Crippen molar-refractivity contribution in [3.8, 4) is 0 Å². The highest BCUT2D eigenvalue weighted by molar-refractivity contribution is 5.58. The second-order valence-electron chi connectivity index (χ2n) is 5.52. The van der Waals surface area contributed by atoms with E-state index in [9.17, 15) is 0 Å². The number of nitrogens with zero attached hydrogens (tertiary/aromatic N) is 4. The van der Waals surface area contributed by atoms with Gasteiger partial charge in [0.1, 0.15) is 17.5 Å². The molecule has 2 rings (SSSR count). The highest BCUT2D eigenvalue weighted by Crippen LogP contribution is 2.39.